The van der Waals surface area contributed by atoms with Gasteiger partial charge in [0, 0.05) is 21.5 Å². The summed E-state index contributed by atoms with van der Waals surface area (Å²) in [5.41, 5.74) is 8.61. The predicted molar refractivity (Wildman–Crippen MR) is 95.9 cm³/mol. The number of hydrogen-bond donors (Lipinski definition) is 3. The van der Waals surface area contributed by atoms with Gasteiger partial charge in [-0.25, -0.2) is 0 Å². The van der Waals surface area contributed by atoms with Crippen molar-refractivity contribution in [3.8, 4) is 0 Å². The van der Waals surface area contributed by atoms with Crippen molar-refractivity contribution in [1.82, 2.24) is 5.32 Å². The number of nitrogens with two attached hydrogens (primary N) is 1. The molecule has 2 aromatic carbocycles. The van der Waals surface area contributed by atoms with E-state index < -0.39 is 0 Å². The molecule has 0 aliphatic rings. The van der Waals surface area contributed by atoms with Crippen molar-refractivity contribution in [1.29, 1.82) is 0 Å². The number of carbonyl (C=O) groups is 1. The molecule has 0 saturated heterocycles. The monoisotopic (exact) mass is 395 g/mol. The van der Waals surface area contributed by atoms with Gasteiger partial charge in [0.05, 0.1) is 11.3 Å². The molecule has 0 saturated carbocycles. The Labute approximate surface area is 138 Å². The molecule has 0 unspecified atom stereocenters. The topological polar surface area (TPSA) is 67.2 Å². The molecule has 4 N–H and O–H groups in total. The Morgan fingerprint density at radius 1 is 1.19 bits per heavy atom. The van der Waals surface area contributed by atoms with Crippen LogP contribution in [0.25, 0.3) is 0 Å². The van der Waals surface area contributed by atoms with Crippen LogP contribution >= 0.6 is 22.6 Å². The van der Waals surface area contributed by atoms with Crippen molar-refractivity contribution in [2.75, 3.05) is 17.6 Å². The number of benzene rings is 2. The summed E-state index contributed by atoms with van der Waals surface area (Å²) in [5.74, 6) is -0.114. The second-order valence-corrected chi connectivity index (χ2v) is 5.94. The zero-order chi connectivity index (χ0) is 15.2. The van der Waals surface area contributed by atoms with Crippen molar-refractivity contribution >= 4 is 45.6 Å². The van der Waals surface area contributed by atoms with E-state index in [2.05, 4.69) is 33.2 Å². The van der Waals surface area contributed by atoms with Gasteiger partial charge in [0.2, 0.25) is 0 Å². The summed E-state index contributed by atoms with van der Waals surface area (Å²) in [6.07, 6.45) is 0.897. The summed E-state index contributed by atoms with van der Waals surface area (Å²) in [7, 11) is 0. The second kappa shape index (κ2) is 7.31. The normalized spacial score (nSPS) is 10.2. The Balaban J connectivity index is 2.26. The van der Waals surface area contributed by atoms with E-state index in [1.54, 1.807) is 12.1 Å². The summed E-state index contributed by atoms with van der Waals surface area (Å²) in [6.45, 7) is 2.67. The molecule has 21 heavy (non-hydrogen) atoms. The molecule has 2 aromatic rings. The molecule has 0 aliphatic heterocycles. The van der Waals surface area contributed by atoms with Crippen LogP contribution in [0.5, 0.6) is 0 Å². The number of anilines is 3. The first-order chi connectivity index (χ1) is 10.1. The van der Waals surface area contributed by atoms with Crippen LogP contribution in [0.3, 0.4) is 0 Å². The van der Waals surface area contributed by atoms with Crippen LogP contribution in [0.4, 0.5) is 17.1 Å². The Bertz CT molecular complexity index is 626. The highest BCUT2D eigenvalue weighted by Gasteiger charge is 2.11. The summed E-state index contributed by atoms with van der Waals surface area (Å²) in [6, 6.07) is 13.3. The molecular weight excluding hydrogens is 377 g/mol. The number of nitrogens with one attached hydrogen (secondary N) is 2. The van der Waals surface area contributed by atoms with E-state index in [1.807, 2.05) is 37.3 Å². The quantitative estimate of drug-likeness (QED) is 0.534. The van der Waals surface area contributed by atoms with Gasteiger partial charge in [-0.1, -0.05) is 6.92 Å². The summed E-state index contributed by atoms with van der Waals surface area (Å²) < 4.78 is 1.16. The van der Waals surface area contributed by atoms with Crippen LogP contribution in [0.1, 0.15) is 23.7 Å². The number of amides is 1. The van der Waals surface area contributed by atoms with Gasteiger partial charge in [-0.05, 0) is 71.5 Å². The maximum atomic E-state index is 12.2. The molecule has 0 atom stereocenters. The predicted octanol–water partition coefficient (Wildman–Crippen LogP) is 3.76. The zero-order valence-corrected chi connectivity index (χ0v) is 14.0. The SMILES string of the molecule is CCCNC(=O)c1cc(N)ccc1Nc1ccc(I)cc1. The van der Waals surface area contributed by atoms with Gasteiger partial charge in [0.25, 0.3) is 5.91 Å². The van der Waals surface area contributed by atoms with Crippen LogP contribution in [0, 0.1) is 3.57 Å². The molecule has 0 heterocycles. The summed E-state index contributed by atoms with van der Waals surface area (Å²) in [4.78, 5) is 12.2. The van der Waals surface area contributed by atoms with Gasteiger partial charge >= 0.3 is 0 Å². The summed E-state index contributed by atoms with van der Waals surface area (Å²) in [5, 5.41) is 6.14. The fourth-order valence-corrected chi connectivity index (χ4v) is 2.24. The maximum Gasteiger partial charge on any atom is 0.253 e. The molecule has 1 amide bonds. The first-order valence-electron chi connectivity index (χ1n) is 6.80. The third-order valence-electron chi connectivity index (χ3n) is 2.95. The van der Waals surface area contributed by atoms with Crippen LogP contribution < -0.4 is 16.4 Å². The van der Waals surface area contributed by atoms with Gasteiger partial charge in [-0.2, -0.15) is 0 Å². The van der Waals surface area contributed by atoms with Crippen molar-refractivity contribution in [2.24, 2.45) is 0 Å². The minimum atomic E-state index is -0.114. The van der Waals surface area contributed by atoms with Gasteiger partial charge in [-0.15, -0.1) is 0 Å². The Kier molecular flexibility index (Phi) is 5.44. The molecule has 5 heteroatoms. The van der Waals surface area contributed by atoms with E-state index in [9.17, 15) is 4.79 Å². The fourth-order valence-electron chi connectivity index (χ4n) is 1.88. The molecular formula is C16H18IN3O. The molecule has 0 bridgehead atoms. The molecule has 2 rings (SSSR count). The van der Waals surface area contributed by atoms with Gasteiger partial charge < -0.3 is 16.4 Å². The number of carbonyl (C=O) groups excluding carboxylic acids is 1. The van der Waals surface area contributed by atoms with Crippen molar-refractivity contribution in [3.05, 3.63) is 51.6 Å². The number of hydrogen-bond acceptors (Lipinski definition) is 3. The highest BCUT2D eigenvalue weighted by molar-refractivity contribution is 14.1. The zero-order valence-electron chi connectivity index (χ0n) is 11.8. The van der Waals surface area contributed by atoms with Crippen LogP contribution in [0.15, 0.2) is 42.5 Å². The number of nitrogen functional groups attached to an aromatic ring is 1. The molecule has 0 aromatic heterocycles. The number of rotatable bonds is 5. The largest absolute Gasteiger partial charge is 0.399 e. The van der Waals surface area contributed by atoms with Crippen molar-refractivity contribution in [2.45, 2.75) is 13.3 Å². The average Bonchev–Trinajstić information content (AvgIpc) is 2.49. The molecule has 110 valence electrons. The lowest BCUT2D eigenvalue weighted by Crippen LogP contribution is -2.24. The summed E-state index contributed by atoms with van der Waals surface area (Å²) >= 11 is 2.26. The van der Waals surface area contributed by atoms with Gasteiger partial charge in [0.1, 0.15) is 0 Å². The Hall–Kier alpha value is -1.76. The van der Waals surface area contributed by atoms with Crippen LogP contribution in [0.2, 0.25) is 0 Å². The third kappa shape index (κ3) is 4.35. The standard InChI is InChI=1S/C16H18IN3O/c1-2-9-19-16(21)14-10-12(18)5-8-15(14)20-13-6-3-11(17)4-7-13/h3-8,10,20H,2,9,18H2,1H3,(H,19,21). The maximum absolute atomic E-state index is 12.2. The minimum absolute atomic E-state index is 0.114. The molecule has 0 spiro atoms. The third-order valence-corrected chi connectivity index (χ3v) is 3.67. The van der Waals surface area contributed by atoms with Gasteiger partial charge in [-0.3, -0.25) is 4.79 Å². The van der Waals surface area contributed by atoms with E-state index in [0.717, 1.165) is 21.4 Å². The van der Waals surface area contributed by atoms with E-state index in [-0.39, 0.29) is 5.91 Å². The van der Waals surface area contributed by atoms with Crippen molar-refractivity contribution < 1.29 is 4.79 Å². The smallest absolute Gasteiger partial charge is 0.253 e. The molecule has 0 aliphatic carbocycles. The van der Waals surface area contributed by atoms with E-state index in [1.165, 1.54) is 0 Å². The first kappa shape index (κ1) is 15.6. The minimum Gasteiger partial charge on any atom is -0.399 e. The second-order valence-electron chi connectivity index (χ2n) is 4.69. The van der Waals surface area contributed by atoms with E-state index in [4.69, 9.17) is 5.73 Å². The lowest BCUT2D eigenvalue weighted by Gasteiger charge is -2.13. The first-order valence-corrected chi connectivity index (χ1v) is 7.88. The lowest BCUT2D eigenvalue weighted by atomic mass is 10.1. The molecule has 0 radical (unpaired) electrons. The molecule has 4 nitrogen and oxygen atoms in total. The number of halogens is 1. The average molecular weight is 395 g/mol. The van der Waals surface area contributed by atoms with E-state index in [0.29, 0.717) is 17.8 Å². The highest BCUT2D eigenvalue weighted by atomic mass is 127. The van der Waals surface area contributed by atoms with Crippen LogP contribution in [-0.4, -0.2) is 12.5 Å². The van der Waals surface area contributed by atoms with E-state index >= 15 is 0 Å². The molecule has 0 fully saturated rings. The lowest BCUT2D eigenvalue weighted by molar-refractivity contribution is 0.0954. The van der Waals surface area contributed by atoms with Gasteiger partial charge in [0.15, 0.2) is 0 Å². The van der Waals surface area contributed by atoms with Crippen LogP contribution in [-0.2, 0) is 0 Å². The van der Waals surface area contributed by atoms with Crippen molar-refractivity contribution in [3.63, 3.8) is 0 Å². The fraction of sp³-hybridized carbons (Fsp3) is 0.188. The Morgan fingerprint density at radius 3 is 2.57 bits per heavy atom. The highest BCUT2D eigenvalue weighted by Crippen LogP contribution is 2.23. The Morgan fingerprint density at radius 2 is 1.90 bits per heavy atom.